The van der Waals surface area contributed by atoms with Crippen molar-refractivity contribution in [3.8, 4) is 0 Å². The summed E-state index contributed by atoms with van der Waals surface area (Å²) in [5, 5.41) is -0.215. The van der Waals surface area contributed by atoms with Crippen LogP contribution >= 0.6 is 23.3 Å². The molecule has 1 aromatic heterocycles. The van der Waals surface area contributed by atoms with E-state index in [-0.39, 0.29) is 16.0 Å². The molecule has 84 valence electrons. The highest BCUT2D eigenvalue weighted by atomic mass is 32.2. The van der Waals surface area contributed by atoms with Crippen molar-refractivity contribution >= 4 is 38.9 Å². The molecule has 0 amide bonds. The highest BCUT2D eigenvalue weighted by Gasteiger charge is 2.40. The molecule has 1 fully saturated rings. The van der Waals surface area contributed by atoms with Gasteiger partial charge in [0.25, 0.3) is 0 Å². The lowest BCUT2D eigenvalue weighted by Crippen LogP contribution is -2.09. The SMILES string of the molecule is CCSc1snc(N)c1S(=O)(=O)C1CC1. The Balaban J connectivity index is 2.45. The fraction of sp³-hybridized carbons (Fsp3) is 0.625. The first-order valence-electron chi connectivity index (χ1n) is 4.69. The number of rotatable bonds is 4. The van der Waals surface area contributed by atoms with Gasteiger partial charge in [-0.1, -0.05) is 6.92 Å². The van der Waals surface area contributed by atoms with Crippen LogP contribution in [0, 0.1) is 0 Å². The van der Waals surface area contributed by atoms with Crippen molar-refractivity contribution in [1.82, 2.24) is 4.37 Å². The molecule has 4 nitrogen and oxygen atoms in total. The van der Waals surface area contributed by atoms with Gasteiger partial charge in [-0.05, 0) is 30.1 Å². The zero-order valence-electron chi connectivity index (χ0n) is 8.26. The molecule has 1 heterocycles. The molecule has 0 aliphatic heterocycles. The Hall–Kier alpha value is -0.270. The number of nitrogens with zero attached hydrogens (tertiary/aromatic N) is 1. The Morgan fingerprint density at radius 3 is 2.80 bits per heavy atom. The summed E-state index contributed by atoms with van der Waals surface area (Å²) in [4.78, 5) is 0.279. The molecule has 0 atom stereocenters. The Labute approximate surface area is 97.3 Å². The van der Waals surface area contributed by atoms with Crippen LogP contribution in [-0.4, -0.2) is 23.8 Å². The maximum absolute atomic E-state index is 12.0. The third-order valence-corrected chi connectivity index (χ3v) is 6.75. The molecule has 7 heteroatoms. The first-order valence-corrected chi connectivity index (χ1v) is 7.99. The van der Waals surface area contributed by atoms with Gasteiger partial charge in [0.05, 0.1) is 5.25 Å². The summed E-state index contributed by atoms with van der Waals surface area (Å²) in [6, 6.07) is 0. The van der Waals surface area contributed by atoms with Crippen LogP contribution in [0.15, 0.2) is 9.10 Å². The van der Waals surface area contributed by atoms with E-state index in [0.29, 0.717) is 0 Å². The van der Waals surface area contributed by atoms with Crippen LogP contribution in [0.5, 0.6) is 0 Å². The molecular formula is C8H12N2O2S3. The minimum atomic E-state index is -3.20. The van der Waals surface area contributed by atoms with Gasteiger partial charge in [0.15, 0.2) is 15.7 Å². The van der Waals surface area contributed by atoms with Gasteiger partial charge in [-0.2, -0.15) is 4.37 Å². The van der Waals surface area contributed by atoms with Crippen LogP contribution in [0.4, 0.5) is 5.82 Å². The van der Waals surface area contributed by atoms with E-state index in [0.717, 1.165) is 22.8 Å². The van der Waals surface area contributed by atoms with Crippen molar-refractivity contribution in [1.29, 1.82) is 0 Å². The lowest BCUT2D eigenvalue weighted by molar-refractivity contribution is 0.594. The Morgan fingerprint density at radius 2 is 2.27 bits per heavy atom. The molecular weight excluding hydrogens is 252 g/mol. The topological polar surface area (TPSA) is 73.0 Å². The van der Waals surface area contributed by atoms with E-state index in [2.05, 4.69) is 4.37 Å². The summed E-state index contributed by atoms with van der Waals surface area (Å²) in [6.07, 6.45) is 1.52. The predicted molar refractivity (Wildman–Crippen MR) is 63.1 cm³/mol. The van der Waals surface area contributed by atoms with Crippen LogP contribution in [0.25, 0.3) is 0 Å². The van der Waals surface area contributed by atoms with Crippen molar-refractivity contribution in [3.05, 3.63) is 0 Å². The maximum Gasteiger partial charge on any atom is 0.186 e. The summed E-state index contributed by atoms with van der Waals surface area (Å²) in [5.41, 5.74) is 5.63. The van der Waals surface area contributed by atoms with Gasteiger partial charge >= 0.3 is 0 Å². The van der Waals surface area contributed by atoms with Gasteiger partial charge in [0, 0.05) is 0 Å². The first kappa shape index (κ1) is 11.2. The number of nitrogen functional groups attached to an aromatic ring is 1. The number of hydrogen-bond donors (Lipinski definition) is 1. The third kappa shape index (κ3) is 2.00. The summed E-state index contributed by atoms with van der Waals surface area (Å²) in [6.45, 7) is 1.98. The molecule has 2 N–H and O–H groups in total. The quantitative estimate of drug-likeness (QED) is 0.839. The standard InChI is InChI=1S/C8H12N2O2S3/c1-2-13-8-6(7(9)10-14-8)15(11,12)5-3-4-5/h5H,2-4H2,1H3,(H2,9,10). The maximum atomic E-state index is 12.0. The zero-order valence-corrected chi connectivity index (χ0v) is 10.7. The number of anilines is 1. The second kappa shape index (κ2) is 3.95. The van der Waals surface area contributed by atoms with Crippen molar-refractivity contribution in [2.24, 2.45) is 0 Å². The number of aromatic nitrogens is 1. The van der Waals surface area contributed by atoms with Crippen molar-refractivity contribution in [2.45, 2.75) is 34.1 Å². The van der Waals surface area contributed by atoms with Gasteiger partial charge in [0.1, 0.15) is 9.10 Å². The Bertz CT molecular complexity index is 462. The molecule has 2 rings (SSSR count). The Kier molecular flexibility index (Phi) is 2.96. The highest BCUT2D eigenvalue weighted by Crippen LogP contribution is 2.42. The van der Waals surface area contributed by atoms with Gasteiger partial charge in [-0.3, -0.25) is 0 Å². The fourth-order valence-corrected chi connectivity index (χ4v) is 5.64. The van der Waals surface area contributed by atoms with Gasteiger partial charge < -0.3 is 5.73 Å². The van der Waals surface area contributed by atoms with Crippen LogP contribution < -0.4 is 5.73 Å². The second-order valence-electron chi connectivity index (χ2n) is 3.36. The average molecular weight is 264 g/mol. The number of sulfone groups is 1. The molecule has 1 saturated carbocycles. The van der Waals surface area contributed by atoms with E-state index in [4.69, 9.17) is 5.73 Å². The van der Waals surface area contributed by atoms with Crippen LogP contribution in [0.3, 0.4) is 0 Å². The van der Waals surface area contributed by atoms with E-state index >= 15 is 0 Å². The predicted octanol–water partition coefficient (Wildman–Crippen LogP) is 1.77. The molecule has 0 saturated heterocycles. The number of nitrogens with two attached hydrogens (primary N) is 1. The van der Waals surface area contributed by atoms with Crippen molar-refractivity contribution in [3.63, 3.8) is 0 Å². The minimum Gasteiger partial charge on any atom is -0.382 e. The fourth-order valence-electron chi connectivity index (χ4n) is 1.31. The van der Waals surface area contributed by atoms with E-state index in [9.17, 15) is 8.42 Å². The third-order valence-electron chi connectivity index (χ3n) is 2.17. The van der Waals surface area contributed by atoms with E-state index in [1.807, 2.05) is 6.92 Å². The van der Waals surface area contributed by atoms with Crippen molar-refractivity contribution in [2.75, 3.05) is 11.5 Å². The molecule has 0 radical (unpaired) electrons. The van der Waals surface area contributed by atoms with Crippen molar-refractivity contribution < 1.29 is 8.42 Å². The molecule has 1 aliphatic carbocycles. The lowest BCUT2D eigenvalue weighted by atomic mass is 10.7. The number of thioether (sulfide) groups is 1. The van der Waals surface area contributed by atoms with Crippen LogP contribution in [0.2, 0.25) is 0 Å². The van der Waals surface area contributed by atoms with E-state index in [1.54, 1.807) is 0 Å². The van der Waals surface area contributed by atoms with E-state index in [1.165, 1.54) is 23.3 Å². The van der Waals surface area contributed by atoms with Gasteiger partial charge in [-0.15, -0.1) is 11.8 Å². The first-order chi connectivity index (χ1) is 7.07. The highest BCUT2D eigenvalue weighted by molar-refractivity contribution is 8.02. The summed E-state index contributed by atoms with van der Waals surface area (Å²) >= 11 is 2.67. The summed E-state index contributed by atoms with van der Waals surface area (Å²) in [5.74, 6) is 0.998. The number of hydrogen-bond acceptors (Lipinski definition) is 6. The molecule has 1 aromatic rings. The molecule has 1 aliphatic rings. The molecule has 0 aromatic carbocycles. The van der Waals surface area contributed by atoms with Gasteiger partial charge in [0.2, 0.25) is 0 Å². The molecule has 0 unspecified atom stereocenters. The monoisotopic (exact) mass is 264 g/mol. The zero-order chi connectivity index (χ0) is 11.1. The molecule has 15 heavy (non-hydrogen) atoms. The second-order valence-corrected chi connectivity index (χ2v) is 7.83. The molecule has 0 spiro atoms. The lowest BCUT2D eigenvalue weighted by Gasteiger charge is -2.02. The normalized spacial score (nSPS) is 16.9. The van der Waals surface area contributed by atoms with Crippen LogP contribution in [0.1, 0.15) is 19.8 Å². The average Bonchev–Trinajstić information content (AvgIpc) is 2.93. The minimum absolute atomic E-state index is 0.169. The smallest absolute Gasteiger partial charge is 0.186 e. The summed E-state index contributed by atoms with van der Waals surface area (Å²) in [7, 11) is -3.20. The molecule has 0 bridgehead atoms. The van der Waals surface area contributed by atoms with Crippen LogP contribution in [-0.2, 0) is 9.84 Å². The Morgan fingerprint density at radius 1 is 1.60 bits per heavy atom. The largest absolute Gasteiger partial charge is 0.382 e. The summed E-state index contributed by atoms with van der Waals surface area (Å²) < 4.78 is 28.8. The van der Waals surface area contributed by atoms with E-state index < -0.39 is 9.84 Å². The van der Waals surface area contributed by atoms with Gasteiger partial charge in [-0.25, -0.2) is 8.42 Å².